The third kappa shape index (κ3) is 2.90. The van der Waals surface area contributed by atoms with Gasteiger partial charge in [0.15, 0.2) is 0 Å². The predicted octanol–water partition coefficient (Wildman–Crippen LogP) is 4.16. The minimum atomic E-state index is 0.436. The van der Waals surface area contributed by atoms with Gasteiger partial charge in [-0.15, -0.1) is 0 Å². The van der Waals surface area contributed by atoms with Gasteiger partial charge in [-0.1, -0.05) is 57.5 Å². The molecule has 1 N–H and O–H groups in total. The summed E-state index contributed by atoms with van der Waals surface area (Å²) < 4.78 is 0. The second-order valence-electron chi connectivity index (χ2n) is 6.13. The molecule has 1 heteroatoms. The molecule has 1 aromatic carbocycles. The molecular weight excluding hydrogens is 206 g/mol. The van der Waals surface area contributed by atoms with Crippen molar-refractivity contribution in [2.24, 2.45) is 11.3 Å². The first kappa shape index (κ1) is 12.6. The van der Waals surface area contributed by atoms with Crippen LogP contribution in [0.3, 0.4) is 0 Å². The Morgan fingerprint density at radius 1 is 1.29 bits per heavy atom. The maximum atomic E-state index is 3.69. The van der Waals surface area contributed by atoms with Crippen molar-refractivity contribution in [3.63, 3.8) is 0 Å². The van der Waals surface area contributed by atoms with Crippen LogP contribution in [0.1, 0.15) is 51.6 Å². The molecule has 94 valence electrons. The largest absolute Gasteiger partial charge is 0.309 e. The van der Waals surface area contributed by atoms with Gasteiger partial charge in [0.25, 0.3) is 0 Å². The SMILES string of the molecule is CC(C)CCC1(C)CCNC1c1ccccc1. The summed E-state index contributed by atoms with van der Waals surface area (Å²) in [5, 5.41) is 3.69. The van der Waals surface area contributed by atoms with E-state index in [1.54, 1.807) is 0 Å². The van der Waals surface area contributed by atoms with Crippen LogP contribution in [0.2, 0.25) is 0 Å². The molecule has 1 saturated heterocycles. The van der Waals surface area contributed by atoms with E-state index in [4.69, 9.17) is 0 Å². The van der Waals surface area contributed by atoms with Gasteiger partial charge in [0, 0.05) is 6.04 Å². The van der Waals surface area contributed by atoms with E-state index in [0.717, 1.165) is 12.5 Å². The van der Waals surface area contributed by atoms with Gasteiger partial charge >= 0.3 is 0 Å². The molecule has 1 fully saturated rings. The predicted molar refractivity (Wildman–Crippen MR) is 74.0 cm³/mol. The lowest BCUT2D eigenvalue weighted by Crippen LogP contribution is -2.26. The summed E-state index contributed by atoms with van der Waals surface area (Å²) in [5.74, 6) is 0.809. The van der Waals surface area contributed by atoms with E-state index < -0.39 is 0 Å². The number of hydrogen-bond acceptors (Lipinski definition) is 1. The Morgan fingerprint density at radius 3 is 2.65 bits per heavy atom. The van der Waals surface area contributed by atoms with Gasteiger partial charge in [0.05, 0.1) is 0 Å². The van der Waals surface area contributed by atoms with Crippen molar-refractivity contribution < 1.29 is 0 Å². The number of benzene rings is 1. The monoisotopic (exact) mass is 231 g/mol. The van der Waals surface area contributed by atoms with Crippen molar-refractivity contribution in [3.05, 3.63) is 35.9 Å². The summed E-state index contributed by atoms with van der Waals surface area (Å²) >= 11 is 0. The summed E-state index contributed by atoms with van der Waals surface area (Å²) in [6.07, 6.45) is 3.97. The highest BCUT2D eigenvalue weighted by molar-refractivity contribution is 5.22. The molecule has 1 aromatic rings. The average molecular weight is 231 g/mol. The van der Waals surface area contributed by atoms with Crippen LogP contribution in [0, 0.1) is 11.3 Å². The molecule has 1 aliphatic heterocycles. The number of nitrogens with one attached hydrogen (secondary N) is 1. The average Bonchev–Trinajstić information content (AvgIpc) is 2.71. The molecule has 0 radical (unpaired) electrons. The minimum Gasteiger partial charge on any atom is -0.309 e. The Kier molecular flexibility index (Phi) is 3.88. The fourth-order valence-corrected chi connectivity index (χ4v) is 2.95. The van der Waals surface area contributed by atoms with E-state index in [-0.39, 0.29) is 0 Å². The summed E-state index contributed by atoms with van der Waals surface area (Å²) in [4.78, 5) is 0. The topological polar surface area (TPSA) is 12.0 Å². The lowest BCUT2D eigenvalue weighted by atomic mass is 9.75. The van der Waals surface area contributed by atoms with E-state index >= 15 is 0 Å². The first-order valence-electron chi connectivity index (χ1n) is 6.90. The quantitative estimate of drug-likeness (QED) is 0.820. The summed E-state index contributed by atoms with van der Waals surface area (Å²) in [5.41, 5.74) is 1.89. The van der Waals surface area contributed by atoms with E-state index in [0.29, 0.717) is 11.5 Å². The second kappa shape index (κ2) is 5.22. The Morgan fingerprint density at radius 2 is 2.00 bits per heavy atom. The lowest BCUT2D eigenvalue weighted by Gasteiger charge is -2.32. The maximum absolute atomic E-state index is 3.69. The van der Waals surface area contributed by atoms with Gasteiger partial charge in [-0.05, 0) is 36.3 Å². The van der Waals surface area contributed by atoms with Crippen LogP contribution >= 0.6 is 0 Å². The fraction of sp³-hybridized carbons (Fsp3) is 0.625. The van der Waals surface area contributed by atoms with Gasteiger partial charge in [-0.25, -0.2) is 0 Å². The van der Waals surface area contributed by atoms with Crippen LogP contribution in [0.4, 0.5) is 0 Å². The van der Waals surface area contributed by atoms with Crippen LogP contribution in [-0.4, -0.2) is 6.54 Å². The van der Waals surface area contributed by atoms with Crippen LogP contribution in [0.5, 0.6) is 0 Å². The molecular formula is C16H25N. The fourth-order valence-electron chi connectivity index (χ4n) is 2.95. The molecule has 17 heavy (non-hydrogen) atoms. The molecule has 1 aliphatic rings. The summed E-state index contributed by atoms with van der Waals surface area (Å²) in [7, 11) is 0. The van der Waals surface area contributed by atoms with Crippen LogP contribution < -0.4 is 5.32 Å². The van der Waals surface area contributed by atoms with Crippen LogP contribution in [0.15, 0.2) is 30.3 Å². The molecule has 2 unspecified atom stereocenters. The van der Waals surface area contributed by atoms with E-state index in [2.05, 4.69) is 56.4 Å². The first-order valence-corrected chi connectivity index (χ1v) is 6.90. The first-order chi connectivity index (χ1) is 8.12. The van der Waals surface area contributed by atoms with Crippen molar-refractivity contribution in [3.8, 4) is 0 Å². The third-order valence-electron chi connectivity index (χ3n) is 4.17. The molecule has 2 rings (SSSR count). The number of rotatable bonds is 4. The van der Waals surface area contributed by atoms with E-state index in [1.165, 1.54) is 24.8 Å². The molecule has 0 aliphatic carbocycles. The highest BCUT2D eigenvalue weighted by Gasteiger charge is 2.38. The summed E-state index contributed by atoms with van der Waals surface area (Å²) in [6.45, 7) is 8.26. The molecule has 0 bridgehead atoms. The Bertz CT molecular complexity index is 344. The zero-order valence-electron chi connectivity index (χ0n) is 11.4. The van der Waals surface area contributed by atoms with Crippen molar-refractivity contribution in [1.82, 2.24) is 5.32 Å². The lowest BCUT2D eigenvalue weighted by molar-refractivity contribution is 0.240. The number of hydrogen-bond donors (Lipinski definition) is 1. The zero-order chi connectivity index (χ0) is 12.3. The van der Waals surface area contributed by atoms with Gasteiger partial charge < -0.3 is 5.32 Å². The van der Waals surface area contributed by atoms with Gasteiger partial charge in [0.1, 0.15) is 0 Å². The van der Waals surface area contributed by atoms with Crippen molar-refractivity contribution in [1.29, 1.82) is 0 Å². The maximum Gasteiger partial charge on any atom is 0.0374 e. The molecule has 1 heterocycles. The third-order valence-corrected chi connectivity index (χ3v) is 4.17. The van der Waals surface area contributed by atoms with E-state index in [9.17, 15) is 0 Å². The summed E-state index contributed by atoms with van der Waals surface area (Å²) in [6, 6.07) is 11.5. The van der Waals surface area contributed by atoms with Gasteiger partial charge in [0.2, 0.25) is 0 Å². The van der Waals surface area contributed by atoms with Crippen molar-refractivity contribution in [2.75, 3.05) is 6.54 Å². The highest BCUT2D eigenvalue weighted by Crippen LogP contribution is 2.45. The van der Waals surface area contributed by atoms with Crippen LogP contribution in [-0.2, 0) is 0 Å². The normalized spacial score (nSPS) is 28.8. The van der Waals surface area contributed by atoms with E-state index in [1.807, 2.05) is 0 Å². The highest BCUT2D eigenvalue weighted by atomic mass is 15.0. The van der Waals surface area contributed by atoms with Crippen molar-refractivity contribution in [2.45, 2.75) is 46.1 Å². The molecule has 0 aromatic heterocycles. The molecule has 0 amide bonds. The van der Waals surface area contributed by atoms with Crippen molar-refractivity contribution >= 4 is 0 Å². The van der Waals surface area contributed by atoms with Gasteiger partial charge in [-0.2, -0.15) is 0 Å². The minimum absolute atomic E-state index is 0.436. The second-order valence-corrected chi connectivity index (χ2v) is 6.13. The molecule has 1 nitrogen and oxygen atoms in total. The molecule has 0 spiro atoms. The Labute approximate surface area is 106 Å². The molecule has 2 atom stereocenters. The van der Waals surface area contributed by atoms with Gasteiger partial charge in [-0.3, -0.25) is 0 Å². The van der Waals surface area contributed by atoms with Crippen LogP contribution in [0.25, 0.3) is 0 Å². The smallest absolute Gasteiger partial charge is 0.0374 e. The Balaban J connectivity index is 2.11. The standard InChI is InChI=1S/C16H25N/c1-13(2)9-10-16(3)11-12-17-15(16)14-7-5-4-6-8-14/h4-8,13,15,17H,9-12H2,1-3H3. The zero-order valence-corrected chi connectivity index (χ0v) is 11.4. The molecule has 0 saturated carbocycles. The Hall–Kier alpha value is -0.820.